The van der Waals surface area contributed by atoms with Crippen LogP contribution in [0.25, 0.3) is 0 Å². The molecule has 1 N–H and O–H groups in total. The van der Waals surface area contributed by atoms with Gasteiger partial charge < -0.3 is 10.1 Å². The van der Waals surface area contributed by atoms with Gasteiger partial charge in [0.05, 0.1) is 12.2 Å². The first-order chi connectivity index (χ1) is 7.43. The molecule has 0 spiro atoms. The normalized spacial score (nSPS) is 28.3. The Bertz CT molecular complexity index is 196. The molecule has 0 aromatic heterocycles. The Labute approximate surface area is 101 Å². The summed E-state index contributed by atoms with van der Waals surface area (Å²) in [5.74, 6) is 0. The van der Waals surface area contributed by atoms with Crippen LogP contribution in [0.4, 0.5) is 0 Å². The Morgan fingerprint density at radius 3 is 2.31 bits per heavy atom. The zero-order valence-corrected chi connectivity index (χ0v) is 11.5. The Balaban J connectivity index is 2.39. The topological polar surface area (TPSA) is 24.5 Å². The van der Waals surface area contributed by atoms with E-state index in [0.717, 1.165) is 32.7 Å². The van der Waals surface area contributed by atoms with Gasteiger partial charge in [-0.25, -0.2) is 0 Å². The molecule has 0 amide bonds. The number of nitrogens with one attached hydrogen (secondary N) is 1. The molecule has 0 aliphatic carbocycles. The van der Waals surface area contributed by atoms with Crippen LogP contribution in [0.1, 0.15) is 34.6 Å². The van der Waals surface area contributed by atoms with Crippen molar-refractivity contribution >= 4 is 0 Å². The predicted octanol–water partition coefficient (Wildman–Crippen LogP) is 1.73. The fraction of sp³-hybridized carbons (Fsp3) is 1.00. The molecule has 2 unspecified atom stereocenters. The van der Waals surface area contributed by atoms with Gasteiger partial charge in [0.15, 0.2) is 0 Å². The van der Waals surface area contributed by atoms with Crippen molar-refractivity contribution in [1.29, 1.82) is 0 Å². The second-order valence-corrected chi connectivity index (χ2v) is 5.90. The van der Waals surface area contributed by atoms with Crippen molar-refractivity contribution < 1.29 is 4.74 Å². The Morgan fingerprint density at radius 1 is 1.25 bits per heavy atom. The van der Waals surface area contributed by atoms with Gasteiger partial charge in [-0.1, -0.05) is 20.8 Å². The molecule has 3 heteroatoms. The molecule has 0 saturated carbocycles. The molecular weight excluding hydrogens is 200 g/mol. The summed E-state index contributed by atoms with van der Waals surface area (Å²) in [5.41, 5.74) is 0.340. The Kier molecular flexibility index (Phi) is 5.22. The van der Waals surface area contributed by atoms with Crippen LogP contribution in [0.5, 0.6) is 0 Å². The van der Waals surface area contributed by atoms with Crippen LogP contribution in [0.3, 0.4) is 0 Å². The van der Waals surface area contributed by atoms with Gasteiger partial charge in [0.25, 0.3) is 0 Å². The lowest BCUT2D eigenvalue weighted by Gasteiger charge is -2.39. The summed E-state index contributed by atoms with van der Waals surface area (Å²) in [4.78, 5) is 2.54. The average Bonchev–Trinajstić information content (AvgIpc) is 2.12. The Hall–Kier alpha value is -0.120. The number of hydrogen-bond donors (Lipinski definition) is 1. The van der Waals surface area contributed by atoms with Crippen LogP contribution in [0.15, 0.2) is 0 Å². The number of hydrogen-bond acceptors (Lipinski definition) is 3. The van der Waals surface area contributed by atoms with Gasteiger partial charge in [-0.05, 0) is 25.8 Å². The molecule has 2 atom stereocenters. The highest BCUT2D eigenvalue weighted by Crippen LogP contribution is 2.19. The minimum Gasteiger partial charge on any atom is -0.373 e. The van der Waals surface area contributed by atoms with Crippen molar-refractivity contribution in [2.45, 2.75) is 46.8 Å². The van der Waals surface area contributed by atoms with Gasteiger partial charge in [-0.2, -0.15) is 0 Å². The van der Waals surface area contributed by atoms with Crippen molar-refractivity contribution in [1.82, 2.24) is 10.2 Å². The summed E-state index contributed by atoms with van der Waals surface area (Å²) in [6, 6.07) is 0. The molecule has 1 aliphatic rings. The molecule has 1 aliphatic heterocycles. The molecule has 16 heavy (non-hydrogen) atoms. The lowest BCUT2D eigenvalue weighted by Crippen LogP contribution is -2.50. The third-order valence-electron chi connectivity index (χ3n) is 3.00. The van der Waals surface area contributed by atoms with Crippen LogP contribution in [0.2, 0.25) is 0 Å². The highest BCUT2D eigenvalue weighted by Gasteiger charge is 2.27. The lowest BCUT2D eigenvalue weighted by atomic mass is 9.92. The first kappa shape index (κ1) is 13.9. The van der Waals surface area contributed by atoms with Crippen molar-refractivity contribution in [3.05, 3.63) is 0 Å². The van der Waals surface area contributed by atoms with E-state index in [1.807, 2.05) is 0 Å². The maximum atomic E-state index is 5.75. The van der Waals surface area contributed by atoms with Crippen molar-refractivity contribution in [3.8, 4) is 0 Å². The second kappa shape index (κ2) is 5.99. The quantitative estimate of drug-likeness (QED) is 0.775. The summed E-state index contributed by atoms with van der Waals surface area (Å²) in [6.45, 7) is 16.6. The predicted molar refractivity (Wildman–Crippen MR) is 68.8 cm³/mol. The zero-order valence-electron chi connectivity index (χ0n) is 11.5. The zero-order chi connectivity index (χ0) is 12.2. The number of rotatable bonds is 5. The highest BCUT2D eigenvalue weighted by molar-refractivity contribution is 4.80. The maximum Gasteiger partial charge on any atom is 0.0678 e. The van der Waals surface area contributed by atoms with Crippen LogP contribution in [-0.4, -0.2) is 49.8 Å². The molecule has 0 bridgehead atoms. The number of morpholine rings is 1. The minimum absolute atomic E-state index is 0.340. The first-order valence-electron chi connectivity index (χ1n) is 6.51. The molecule has 1 saturated heterocycles. The number of nitrogens with zero attached hydrogens (tertiary/aromatic N) is 1. The summed E-state index contributed by atoms with van der Waals surface area (Å²) >= 11 is 0. The molecule has 3 nitrogen and oxygen atoms in total. The van der Waals surface area contributed by atoms with E-state index in [1.54, 1.807) is 0 Å². The van der Waals surface area contributed by atoms with Crippen LogP contribution in [-0.2, 0) is 4.74 Å². The van der Waals surface area contributed by atoms with Crippen LogP contribution in [0, 0.1) is 5.41 Å². The average molecular weight is 228 g/mol. The summed E-state index contributed by atoms with van der Waals surface area (Å²) in [6.07, 6.45) is 0.748. The van der Waals surface area contributed by atoms with Gasteiger partial charge in [0, 0.05) is 26.2 Å². The molecule has 96 valence electrons. The van der Waals surface area contributed by atoms with Gasteiger partial charge in [0.1, 0.15) is 0 Å². The first-order valence-corrected chi connectivity index (χ1v) is 6.51. The van der Waals surface area contributed by atoms with Gasteiger partial charge in [-0.15, -0.1) is 0 Å². The summed E-state index contributed by atoms with van der Waals surface area (Å²) in [5, 5.41) is 3.44. The fourth-order valence-electron chi connectivity index (χ4n) is 2.54. The molecule has 1 heterocycles. The number of ether oxygens (including phenoxy) is 1. The molecular formula is C13H28N2O. The van der Waals surface area contributed by atoms with E-state index in [4.69, 9.17) is 4.74 Å². The van der Waals surface area contributed by atoms with E-state index in [9.17, 15) is 0 Å². The van der Waals surface area contributed by atoms with Crippen molar-refractivity contribution in [2.75, 3.05) is 32.7 Å². The second-order valence-electron chi connectivity index (χ2n) is 5.90. The standard InChI is InChI=1S/C13H28N2O/c1-6-14-9-13(4,5)10-15-7-11(2)16-12(3)8-15/h11-12,14H,6-10H2,1-5H3. The highest BCUT2D eigenvalue weighted by atomic mass is 16.5. The third-order valence-corrected chi connectivity index (χ3v) is 3.00. The smallest absolute Gasteiger partial charge is 0.0678 e. The summed E-state index contributed by atoms with van der Waals surface area (Å²) < 4.78 is 5.75. The van der Waals surface area contributed by atoms with E-state index in [0.29, 0.717) is 17.6 Å². The lowest BCUT2D eigenvalue weighted by molar-refractivity contribution is -0.0755. The molecule has 0 radical (unpaired) electrons. The molecule has 0 aromatic rings. The maximum absolute atomic E-state index is 5.75. The minimum atomic E-state index is 0.340. The van der Waals surface area contributed by atoms with E-state index < -0.39 is 0 Å². The van der Waals surface area contributed by atoms with Gasteiger partial charge in [0.2, 0.25) is 0 Å². The fourth-order valence-corrected chi connectivity index (χ4v) is 2.54. The Morgan fingerprint density at radius 2 is 1.81 bits per heavy atom. The SMILES string of the molecule is CCNCC(C)(C)CN1CC(C)OC(C)C1. The van der Waals surface area contributed by atoms with Gasteiger partial charge >= 0.3 is 0 Å². The molecule has 1 fully saturated rings. The van der Waals surface area contributed by atoms with Crippen molar-refractivity contribution in [3.63, 3.8) is 0 Å². The van der Waals surface area contributed by atoms with E-state index in [1.165, 1.54) is 0 Å². The molecule has 0 aromatic carbocycles. The van der Waals surface area contributed by atoms with Crippen molar-refractivity contribution in [2.24, 2.45) is 5.41 Å². The van der Waals surface area contributed by atoms with E-state index >= 15 is 0 Å². The van der Waals surface area contributed by atoms with Crippen LogP contribution < -0.4 is 5.32 Å². The largest absolute Gasteiger partial charge is 0.373 e. The summed E-state index contributed by atoms with van der Waals surface area (Å²) in [7, 11) is 0. The van der Waals surface area contributed by atoms with E-state index in [2.05, 4.69) is 44.8 Å². The van der Waals surface area contributed by atoms with Gasteiger partial charge in [-0.3, -0.25) is 4.90 Å². The monoisotopic (exact) mass is 228 g/mol. The van der Waals surface area contributed by atoms with Crippen LogP contribution >= 0.6 is 0 Å². The van der Waals surface area contributed by atoms with E-state index in [-0.39, 0.29) is 0 Å². The third kappa shape index (κ3) is 4.81. The molecule has 1 rings (SSSR count).